The van der Waals surface area contributed by atoms with Crippen molar-refractivity contribution in [2.75, 3.05) is 19.8 Å². The molecule has 0 aliphatic carbocycles. The molecule has 0 fully saturated rings. The summed E-state index contributed by atoms with van der Waals surface area (Å²) >= 11 is 0. The molecule has 12 heteroatoms. The molecule has 3 atom stereocenters. The Hall–Kier alpha value is -1.78. The topological polar surface area (TPSA) is 172 Å². The van der Waals surface area contributed by atoms with Crippen LogP contribution in [0.1, 0.15) is 155 Å². The number of phosphoric acid groups is 1. The van der Waals surface area contributed by atoms with Crippen LogP contribution in [0.4, 0.5) is 0 Å². The average molecular weight is 678 g/mol. The van der Waals surface area contributed by atoms with Crippen LogP contribution in [-0.2, 0) is 37.5 Å². The summed E-state index contributed by atoms with van der Waals surface area (Å²) in [5.41, 5.74) is 5.29. The van der Waals surface area contributed by atoms with Crippen LogP contribution in [-0.4, -0.2) is 59.9 Å². The SMILES string of the molecule is CCCCCCCC/C=C/CCCCCCCC(=O)OC[C@@H](COP(=O)(O)OC[C@@H](N)C(=O)O)OC(=O)CCCCCCCCC. The van der Waals surface area contributed by atoms with E-state index < -0.39 is 51.1 Å². The molecule has 0 aromatic heterocycles. The van der Waals surface area contributed by atoms with Crippen molar-refractivity contribution in [1.82, 2.24) is 0 Å². The molecule has 11 nitrogen and oxygen atoms in total. The lowest BCUT2D eigenvalue weighted by Gasteiger charge is -2.20. The van der Waals surface area contributed by atoms with Gasteiger partial charge in [-0.05, 0) is 38.5 Å². The Morgan fingerprint density at radius 1 is 0.652 bits per heavy atom. The van der Waals surface area contributed by atoms with Crippen LogP contribution in [0.5, 0.6) is 0 Å². The Morgan fingerprint density at radius 3 is 1.59 bits per heavy atom. The van der Waals surface area contributed by atoms with Crippen molar-refractivity contribution < 1.29 is 47.5 Å². The molecule has 1 unspecified atom stereocenters. The van der Waals surface area contributed by atoms with Gasteiger partial charge in [0.1, 0.15) is 12.6 Å². The van der Waals surface area contributed by atoms with Gasteiger partial charge >= 0.3 is 25.7 Å². The number of hydrogen-bond acceptors (Lipinski definition) is 9. The number of unbranched alkanes of at least 4 members (excludes halogenated alkanes) is 17. The molecule has 46 heavy (non-hydrogen) atoms. The first kappa shape index (κ1) is 44.2. The first-order valence-corrected chi connectivity index (χ1v) is 19.2. The van der Waals surface area contributed by atoms with Gasteiger partial charge in [0, 0.05) is 12.8 Å². The molecule has 0 saturated carbocycles. The molecule has 0 rings (SSSR count). The van der Waals surface area contributed by atoms with Crippen LogP contribution in [0.3, 0.4) is 0 Å². The fourth-order valence-corrected chi connectivity index (χ4v) is 5.42. The number of phosphoric ester groups is 1. The standard InChI is InChI=1S/C34H64NO10P/c1-3-5-7-9-11-12-13-14-15-16-17-18-20-21-23-25-32(36)42-27-30(28-43-46(40,41)44-29-31(35)34(38)39)45-33(37)26-24-22-19-10-8-6-4-2/h14-15,30-31H,3-13,16-29,35H2,1-2H3,(H,38,39)(H,40,41)/b15-14+/t30-,31+/m0/s1. The highest BCUT2D eigenvalue weighted by molar-refractivity contribution is 7.47. The number of rotatable bonds is 33. The van der Waals surface area contributed by atoms with E-state index in [1.807, 2.05) is 0 Å². The number of aliphatic carboxylic acids is 1. The number of allylic oxidation sites excluding steroid dienone is 2. The van der Waals surface area contributed by atoms with E-state index in [0.717, 1.165) is 64.2 Å². The van der Waals surface area contributed by atoms with Crippen LogP contribution in [0.25, 0.3) is 0 Å². The number of nitrogens with two attached hydrogens (primary N) is 1. The summed E-state index contributed by atoms with van der Waals surface area (Å²) in [5, 5.41) is 8.82. The van der Waals surface area contributed by atoms with E-state index in [1.165, 1.54) is 51.4 Å². The summed E-state index contributed by atoms with van der Waals surface area (Å²) in [6.07, 6.45) is 26.0. The lowest BCUT2D eigenvalue weighted by Crippen LogP contribution is -2.34. The molecule has 0 saturated heterocycles. The third kappa shape index (κ3) is 29.6. The zero-order valence-electron chi connectivity index (χ0n) is 28.7. The van der Waals surface area contributed by atoms with Crippen molar-refractivity contribution in [1.29, 1.82) is 0 Å². The highest BCUT2D eigenvalue weighted by Gasteiger charge is 2.28. The molecule has 270 valence electrons. The van der Waals surface area contributed by atoms with Gasteiger partial charge in [-0.2, -0.15) is 0 Å². The smallest absolute Gasteiger partial charge is 0.472 e. The number of ether oxygens (including phenoxy) is 2. The second kappa shape index (κ2) is 30.5. The van der Waals surface area contributed by atoms with Crippen molar-refractivity contribution in [2.45, 2.75) is 167 Å². The molecular formula is C34H64NO10P. The molecule has 4 N–H and O–H groups in total. The van der Waals surface area contributed by atoms with Gasteiger partial charge in [-0.1, -0.05) is 116 Å². The van der Waals surface area contributed by atoms with Gasteiger partial charge in [-0.3, -0.25) is 23.4 Å². The molecule has 0 heterocycles. The maximum absolute atomic E-state index is 12.4. The monoisotopic (exact) mass is 677 g/mol. The molecule has 0 aliphatic heterocycles. The van der Waals surface area contributed by atoms with E-state index in [4.69, 9.17) is 24.8 Å². The number of carboxylic acids is 1. The zero-order valence-corrected chi connectivity index (χ0v) is 29.6. The summed E-state index contributed by atoms with van der Waals surface area (Å²) < 4.78 is 32.3. The van der Waals surface area contributed by atoms with Crippen LogP contribution < -0.4 is 5.73 Å². The fraction of sp³-hybridized carbons (Fsp3) is 0.853. The second-order valence-corrected chi connectivity index (χ2v) is 13.5. The number of carboxylic acid groups (broad SMARTS) is 1. The lowest BCUT2D eigenvalue weighted by molar-refractivity contribution is -0.161. The Morgan fingerprint density at radius 2 is 1.09 bits per heavy atom. The van der Waals surface area contributed by atoms with Crippen LogP contribution in [0.2, 0.25) is 0 Å². The predicted octanol–water partition coefficient (Wildman–Crippen LogP) is 8.17. The molecule has 0 amide bonds. The quantitative estimate of drug-likeness (QED) is 0.0265. The number of hydrogen-bond donors (Lipinski definition) is 3. The van der Waals surface area contributed by atoms with Gasteiger partial charge in [0.25, 0.3) is 0 Å². The molecule has 0 spiro atoms. The van der Waals surface area contributed by atoms with Crippen LogP contribution >= 0.6 is 7.82 Å². The Balaban J connectivity index is 4.39. The molecule has 0 aromatic rings. The Labute approximate surface area is 278 Å². The van der Waals surface area contributed by atoms with Gasteiger partial charge in [0.2, 0.25) is 0 Å². The lowest BCUT2D eigenvalue weighted by atomic mass is 10.1. The van der Waals surface area contributed by atoms with Crippen molar-refractivity contribution >= 4 is 25.7 Å². The first-order valence-electron chi connectivity index (χ1n) is 17.7. The van der Waals surface area contributed by atoms with Crippen molar-refractivity contribution in [3.05, 3.63) is 12.2 Å². The normalized spacial score (nSPS) is 14.2. The molecular weight excluding hydrogens is 613 g/mol. The van der Waals surface area contributed by atoms with Crippen LogP contribution in [0, 0.1) is 0 Å². The summed E-state index contributed by atoms with van der Waals surface area (Å²) in [5.74, 6) is -2.39. The van der Waals surface area contributed by atoms with Gasteiger partial charge < -0.3 is 25.2 Å². The van der Waals surface area contributed by atoms with E-state index in [2.05, 4.69) is 30.5 Å². The first-order chi connectivity index (χ1) is 22.1. The highest BCUT2D eigenvalue weighted by Crippen LogP contribution is 2.43. The zero-order chi connectivity index (χ0) is 34.3. The van der Waals surface area contributed by atoms with E-state index >= 15 is 0 Å². The summed E-state index contributed by atoms with van der Waals surface area (Å²) in [6, 6.07) is -1.52. The summed E-state index contributed by atoms with van der Waals surface area (Å²) in [7, 11) is -4.70. The maximum Gasteiger partial charge on any atom is 0.472 e. The van der Waals surface area contributed by atoms with Gasteiger partial charge in [-0.15, -0.1) is 0 Å². The second-order valence-electron chi connectivity index (χ2n) is 12.0. The third-order valence-corrected chi connectivity index (χ3v) is 8.46. The van der Waals surface area contributed by atoms with Crippen molar-refractivity contribution in [3.63, 3.8) is 0 Å². The molecule has 0 radical (unpaired) electrons. The summed E-state index contributed by atoms with van der Waals surface area (Å²) in [4.78, 5) is 45.4. The molecule has 0 bridgehead atoms. The van der Waals surface area contributed by atoms with E-state index in [-0.39, 0.29) is 19.4 Å². The molecule has 0 aliphatic rings. The van der Waals surface area contributed by atoms with Crippen molar-refractivity contribution in [2.24, 2.45) is 5.73 Å². The van der Waals surface area contributed by atoms with Crippen molar-refractivity contribution in [3.8, 4) is 0 Å². The highest BCUT2D eigenvalue weighted by atomic mass is 31.2. The minimum Gasteiger partial charge on any atom is -0.480 e. The van der Waals surface area contributed by atoms with Gasteiger partial charge in [0.15, 0.2) is 6.10 Å². The van der Waals surface area contributed by atoms with E-state index in [0.29, 0.717) is 12.8 Å². The predicted molar refractivity (Wildman–Crippen MR) is 180 cm³/mol. The fourth-order valence-electron chi connectivity index (χ4n) is 4.65. The van der Waals surface area contributed by atoms with Crippen LogP contribution in [0.15, 0.2) is 12.2 Å². The number of carbonyl (C=O) groups is 3. The Bertz CT molecular complexity index is 854. The number of esters is 2. The third-order valence-electron chi connectivity index (χ3n) is 7.51. The van der Waals surface area contributed by atoms with E-state index in [9.17, 15) is 23.8 Å². The average Bonchev–Trinajstić information content (AvgIpc) is 3.02. The number of carbonyl (C=O) groups excluding carboxylic acids is 2. The minimum atomic E-state index is -4.70. The Kier molecular flexibility index (Phi) is 29.4. The van der Waals surface area contributed by atoms with Gasteiger partial charge in [0.05, 0.1) is 13.2 Å². The molecule has 0 aromatic carbocycles. The largest absolute Gasteiger partial charge is 0.480 e. The van der Waals surface area contributed by atoms with E-state index in [1.54, 1.807) is 0 Å². The minimum absolute atomic E-state index is 0.161. The maximum atomic E-state index is 12.4. The van der Waals surface area contributed by atoms with Gasteiger partial charge in [-0.25, -0.2) is 4.57 Å². The summed E-state index contributed by atoms with van der Waals surface area (Å²) in [6.45, 7) is 2.70.